The van der Waals surface area contributed by atoms with E-state index in [0.717, 1.165) is 11.1 Å². The van der Waals surface area contributed by atoms with Gasteiger partial charge in [-0.25, -0.2) is 4.79 Å². The Balaban J connectivity index is 1.73. The highest BCUT2D eigenvalue weighted by atomic mass is 16.5. The van der Waals surface area contributed by atoms with Crippen LogP contribution < -0.4 is 15.2 Å². The molecule has 4 rings (SSSR count). The van der Waals surface area contributed by atoms with Crippen LogP contribution in [-0.4, -0.2) is 12.6 Å². The second-order valence-electron chi connectivity index (χ2n) is 8.37. The zero-order valence-electron chi connectivity index (χ0n) is 20.8. The molecular formula is C30H28N2O5. The van der Waals surface area contributed by atoms with E-state index in [4.69, 9.17) is 24.7 Å². The Morgan fingerprint density at radius 1 is 0.946 bits per heavy atom. The first-order valence-electron chi connectivity index (χ1n) is 11.9. The summed E-state index contributed by atoms with van der Waals surface area (Å²) in [5.74, 6) is -0.100. The lowest BCUT2D eigenvalue weighted by Crippen LogP contribution is -2.25. The van der Waals surface area contributed by atoms with E-state index in [-0.39, 0.29) is 29.4 Å². The molecule has 0 aromatic heterocycles. The van der Waals surface area contributed by atoms with Crippen molar-refractivity contribution in [3.63, 3.8) is 0 Å². The topological polar surface area (TPSA) is 104 Å². The lowest BCUT2D eigenvalue weighted by Gasteiger charge is -2.27. The van der Waals surface area contributed by atoms with Gasteiger partial charge in [-0.15, -0.1) is 0 Å². The Labute approximate surface area is 216 Å². The van der Waals surface area contributed by atoms with E-state index in [9.17, 15) is 10.1 Å². The van der Waals surface area contributed by atoms with Crippen molar-refractivity contribution in [3.05, 3.63) is 118 Å². The van der Waals surface area contributed by atoms with Gasteiger partial charge in [0.25, 0.3) is 0 Å². The lowest BCUT2D eigenvalue weighted by molar-refractivity contribution is -0.139. The van der Waals surface area contributed by atoms with Crippen LogP contribution in [0.1, 0.15) is 36.5 Å². The third kappa shape index (κ3) is 5.93. The van der Waals surface area contributed by atoms with Crippen LogP contribution in [0.15, 0.2) is 102 Å². The predicted molar refractivity (Wildman–Crippen MR) is 138 cm³/mol. The van der Waals surface area contributed by atoms with Gasteiger partial charge >= 0.3 is 5.97 Å². The van der Waals surface area contributed by atoms with Gasteiger partial charge in [0.05, 0.1) is 18.1 Å². The first-order chi connectivity index (χ1) is 18.0. The van der Waals surface area contributed by atoms with Crippen LogP contribution in [-0.2, 0) is 27.5 Å². The van der Waals surface area contributed by atoms with Crippen molar-refractivity contribution in [3.8, 4) is 17.6 Å². The molecule has 0 saturated carbocycles. The Bertz CT molecular complexity index is 1360. The fourth-order valence-electron chi connectivity index (χ4n) is 4.10. The highest BCUT2D eigenvalue weighted by Crippen LogP contribution is 2.42. The third-order valence-electron chi connectivity index (χ3n) is 5.88. The number of ether oxygens (including phenoxy) is 4. The van der Waals surface area contributed by atoms with Crippen molar-refractivity contribution in [2.75, 3.05) is 6.61 Å². The number of benzene rings is 3. The van der Waals surface area contributed by atoms with Crippen molar-refractivity contribution in [1.29, 1.82) is 5.26 Å². The summed E-state index contributed by atoms with van der Waals surface area (Å²) in [5.41, 5.74) is 9.02. The van der Waals surface area contributed by atoms with Gasteiger partial charge < -0.3 is 24.7 Å². The molecule has 2 N–H and O–H groups in total. The van der Waals surface area contributed by atoms with E-state index in [1.54, 1.807) is 32.0 Å². The highest BCUT2D eigenvalue weighted by Gasteiger charge is 2.36. The zero-order valence-corrected chi connectivity index (χ0v) is 20.8. The van der Waals surface area contributed by atoms with Gasteiger partial charge in [0, 0.05) is 0 Å². The molecule has 0 spiro atoms. The van der Waals surface area contributed by atoms with Crippen molar-refractivity contribution < 1.29 is 23.7 Å². The summed E-state index contributed by atoms with van der Waals surface area (Å²) < 4.78 is 23.1. The number of hydrogen-bond donors (Lipinski definition) is 1. The second-order valence-corrected chi connectivity index (χ2v) is 8.37. The third-order valence-corrected chi connectivity index (χ3v) is 5.88. The van der Waals surface area contributed by atoms with Crippen molar-refractivity contribution in [2.24, 2.45) is 5.73 Å². The largest absolute Gasteiger partial charge is 0.485 e. The first-order valence-corrected chi connectivity index (χ1v) is 11.9. The SMILES string of the molecule is CCOC(=O)C1=C(C)OC(N)=C(C#N)C1c1ccc(OCc2ccccc2)c(OCc2ccccc2)c1. The molecule has 1 heterocycles. The van der Waals surface area contributed by atoms with E-state index in [1.807, 2.05) is 60.7 Å². The summed E-state index contributed by atoms with van der Waals surface area (Å²) in [7, 11) is 0. The maximum absolute atomic E-state index is 12.9. The summed E-state index contributed by atoms with van der Waals surface area (Å²) in [5, 5.41) is 9.90. The molecule has 0 fully saturated rings. The minimum absolute atomic E-state index is 0.0470. The van der Waals surface area contributed by atoms with Gasteiger partial charge in [-0.1, -0.05) is 66.7 Å². The van der Waals surface area contributed by atoms with Gasteiger partial charge in [0.2, 0.25) is 5.88 Å². The molecule has 1 atom stereocenters. The molecule has 1 aliphatic rings. The van der Waals surface area contributed by atoms with Crippen molar-refractivity contribution in [2.45, 2.75) is 33.0 Å². The Kier molecular flexibility index (Phi) is 8.11. The standard InChI is InChI=1S/C30H28N2O5/c1-3-34-30(33)27-20(2)37-29(32)24(17-31)28(27)23-14-15-25(35-18-21-10-6-4-7-11-21)26(16-23)36-19-22-12-8-5-9-13-22/h4-16,28H,3,18-19,32H2,1-2H3. The van der Waals surface area contributed by atoms with Crippen LogP contribution in [0.2, 0.25) is 0 Å². The van der Waals surface area contributed by atoms with Crippen LogP contribution in [0.3, 0.4) is 0 Å². The second kappa shape index (κ2) is 11.8. The minimum Gasteiger partial charge on any atom is -0.485 e. The van der Waals surface area contributed by atoms with Gasteiger partial charge in [-0.05, 0) is 42.7 Å². The molecule has 1 unspecified atom stereocenters. The highest BCUT2D eigenvalue weighted by molar-refractivity contribution is 5.92. The molecular weight excluding hydrogens is 468 g/mol. The number of carbonyl (C=O) groups is 1. The average Bonchev–Trinajstić information content (AvgIpc) is 2.92. The summed E-state index contributed by atoms with van der Waals surface area (Å²) in [6.45, 7) is 4.19. The molecule has 0 aliphatic carbocycles. The van der Waals surface area contributed by atoms with E-state index in [2.05, 4.69) is 6.07 Å². The number of nitriles is 1. The van der Waals surface area contributed by atoms with Crippen molar-refractivity contribution >= 4 is 5.97 Å². The minimum atomic E-state index is -0.778. The molecule has 3 aromatic carbocycles. The number of carbonyl (C=O) groups excluding carboxylic acids is 1. The lowest BCUT2D eigenvalue weighted by atomic mass is 9.83. The molecule has 1 aliphatic heterocycles. The van der Waals surface area contributed by atoms with Gasteiger partial charge in [0.15, 0.2) is 11.5 Å². The Morgan fingerprint density at radius 2 is 1.54 bits per heavy atom. The first kappa shape index (κ1) is 25.4. The number of allylic oxidation sites excluding steroid dienone is 2. The normalized spacial score (nSPS) is 15.0. The number of hydrogen-bond acceptors (Lipinski definition) is 7. The van der Waals surface area contributed by atoms with Crippen LogP contribution in [0.25, 0.3) is 0 Å². The van der Waals surface area contributed by atoms with Crippen molar-refractivity contribution in [1.82, 2.24) is 0 Å². The van der Waals surface area contributed by atoms with Crippen LogP contribution in [0.4, 0.5) is 0 Å². The molecule has 7 heteroatoms. The Morgan fingerprint density at radius 3 is 2.11 bits per heavy atom. The number of nitrogens with two attached hydrogens (primary N) is 1. The molecule has 188 valence electrons. The van der Waals surface area contributed by atoms with Crippen LogP contribution in [0, 0.1) is 11.3 Å². The molecule has 0 bridgehead atoms. The van der Waals surface area contributed by atoms with E-state index in [0.29, 0.717) is 30.3 Å². The molecule has 37 heavy (non-hydrogen) atoms. The van der Waals surface area contributed by atoms with Crippen LogP contribution >= 0.6 is 0 Å². The van der Waals surface area contributed by atoms with Crippen LogP contribution in [0.5, 0.6) is 11.5 Å². The number of rotatable bonds is 9. The quantitative estimate of drug-likeness (QED) is 0.391. The van der Waals surface area contributed by atoms with E-state index >= 15 is 0 Å². The maximum atomic E-state index is 12.9. The summed E-state index contributed by atoms with van der Waals surface area (Å²) >= 11 is 0. The molecule has 7 nitrogen and oxygen atoms in total. The average molecular weight is 497 g/mol. The fourth-order valence-corrected chi connectivity index (χ4v) is 4.10. The van der Waals surface area contributed by atoms with Gasteiger partial charge in [-0.2, -0.15) is 5.26 Å². The van der Waals surface area contributed by atoms with Gasteiger partial charge in [0.1, 0.15) is 30.6 Å². The fraction of sp³-hybridized carbons (Fsp3) is 0.200. The molecule has 0 radical (unpaired) electrons. The zero-order chi connectivity index (χ0) is 26.2. The van der Waals surface area contributed by atoms with E-state index < -0.39 is 11.9 Å². The summed E-state index contributed by atoms with van der Waals surface area (Å²) in [6, 6.07) is 27.0. The maximum Gasteiger partial charge on any atom is 0.338 e. The molecule has 0 saturated heterocycles. The number of esters is 1. The smallest absolute Gasteiger partial charge is 0.338 e. The molecule has 0 amide bonds. The van der Waals surface area contributed by atoms with Gasteiger partial charge in [-0.3, -0.25) is 0 Å². The summed E-state index contributed by atoms with van der Waals surface area (Å²) in [6.07, 6.45) is 0. The predicted octanol–water partition coefficient (Wildman–Crippen LogP) is 5.49. The number of nitrogens with zero attached hydrogens (tertiary/aromatic N) is 1. The van der Waals surface area contributed by atoms with E-state index in [1.165, 1.54) is 0 Å². The Hall–Kier alpha value is -4.70. The monoisotopic (exact) mass is 496 g/mol. The molecule has 3 aromatic rings. The summed E-state index contributed by atoms with van der Waals surface area (Å²) in [4.78, 5) is 12.9.